The molecular weight excluding hydrogens is 268 g/mol. The average molecular weight is 275 g/mol. The quantitative estimate of drug-likeness (QED) is 0.750. The molecule has 0 amide bonds. The summed E-state index contributed by atoms with van der Waals surface area (Å²) in [6.07, 6.45) is 0. The van der Waals surface area contributed by atoms with Gasteiger partial charge in [-0.2, -0.15) is 0 Å². The van der Waals surface area contributed by atoms with Gasteiger partial charge in [0.05, 0.1) is 0 Å². The maximum Gasteiger partial charge on any atom is 0.382 e. The van der Waals surface area contributed by atoms with Gasteiger partial charge in [-0.1, -0.05) is 34.0 Å². The lowest BCUT2D eigenvalue weighted by Gasteiger charge is -1.98. The lowest BCUT2D eigenvalue weighted by atomic mass is 10.1. The highest BCUT2D eigenvalue weighted by Crippen LogP contribution is 2.20. The van der Waals surface area contributed by atoms with Gasteiger partial charge in [-0.15, -0.1) is 0 Å². The van der Waals surface area contributed by atoms with Crippen molar-refractivity contribution >= 4 is 32.7 Å². The Labute approximate surface area is 101 Å². The fourth-order valence-corrected chi connectivity index (χ4v) is 1.80. The number of aliphatic carboxylic acids is 1. The summed E-state index contributed by atoms with van der Waals surface area (Å²) >= 11 is 3.40. The summed E-state index contributed by atoms with van der Waals surface area (Å²) in [5.41, 5.74) is 0.706. The summed E-state index contributed by atoms with van der Waals surface area (Å²) in [4.78, 5) is 10.3. The molecule has 0 saturated carbocycles. The number of carbonyl (C=O) groups is 1. The predicted molar refractivity (Wildman–Crippen MR) is 66.2 cm³/mol. The van der Waals surface area contributed by atoms with Crippen LogP contribution < -0.4 is 0 Å². The van der Waals surface area contributed by atoms with Crippen LogP contribution in [0.4, 0.5) is 0 Å². The molecule has 0 aliphatic carbocycles. The van der Waals surface area contributed by atoms with Gasteiger partial charge in [0, 0.05) is 16.0 Å². The third-order valence-electron chi connectivity index (χ3n) is 2.12. The topological polar surface area (TPSA) is 37.3 Å². The second-order valence-electron chi connectivity index (χ2n) is 3.26. The standard InChI is InChI=1S/C13H7BrO2/c14-12-5-4-10-7-9(2-6-13(15)16)1-3-11(10)8-12/h1,3-5,7-8H,(H,15,16). The van der Waals surface area contributed by atoms with Crippen LogP contribution in [0.2, 0.25) is 0 Å². The van der Waals surface area contributed by atoms with Crippen LogP contribution in [0.25, 0.3) is 10.8 Å². The van der Waals surface area contributed by atoms with E-state index in [0.29, 0.717) is 5.56 Å². The Kier molecular flexibility index (Phi) is 2.93. The van der Waals surface area contributed by atoms with Gasteiger partial charge in [0.2, 0.25) is 0 Å². The van der Waals surface area contributed by atoms with Crippen molar-refractivity contribution in [1.82, 2.24) is 0 Å². The molecule has 0 saturated heterocycles. The van der Waals surface area contributed by atoms with Crippen molar-refractivity contribution in [2.45, 2.75) is 0 Å². The molecule has 0 radical (unpaired) electrons. The van der Waals surface area contributed by atoms with Crippen molar-refractivity contribution in [1.29, 1.82) is 0 Å². The first-order valence-electron chi connectivity index (χ1n) is 4.59. The van der Waals surface area contributed by atoms with Gasteiger partial charge in [0.1, 0.15) is 0 Å². The van der Waals surface area contributed by atoms with E-state index in [2.05, 4.69) is 27.8 Å². The summed E-state index contributed by atoms with van der Waals surface area (Å²) in [5.74, 6) is 3.57. The average Bonchev–Trinajstić information content (AvgIpc) is 2.26. The van der Waals surface area contributed by atoms with Gasteiger partial charge in [0.15, 0.2) is 0 Å². The van der Waals surface area contributed by atoms with E-state index in [4.69, 9.17) is 5.11 Å². The maximum absolute atomic E-state index is 10.3. The van der Waals surface area contributed by atoms with Gasteiger partial charge < -0.3 is 5.11 Å². The fraction of sp³-hybridized carbons (Fsp3) is 0. The molecule has 0 aromatic heterocycles. The molecule has 0 atom stereocenters. The molecule has 16 heavy (non-hydrogen) atoms. The van der Waals surface area contributed by atoms with E-state index in [0.717, 1.165) is 15.2 Å². The molecule has 2 aromatic rings. The maximum atomic E-state index is 10.3. The smallest absolute Gasteiger partial charge is 0.382 e. The third-order valence-corrected chi connectivity index (χ3v) is 2.61. The number of hydrogen-bond donors (Lipinski definition) is 1. The Morgan fingerprint density at radius 1 is 1.12 bits per heavy atom. The number of hydrogen-bond acceptors (Lipinski definition) is 1. The van der Waals surface area contributed by atoms with E-state index < -0.39 is 5.97 Å². The van der Waals surface area contributed by atoms with Crippen molar-refractivity contribution in [2.75, 3.05) is 0 Å². The molecule has 2 nitrogen and oxygen atoms in total. The van der Waals surface area contributed by atoms with E-state index in [1.165, 1.54) is 0 Å². The molecule has 0 aliphatic rings. The summed E-state index contributed by atoms with van der Waals surface area (Å²) in [6.45, 7) is 0. The molecule has 2 aromatic carbocycles. The molecule has 0 bridgehead atoms. The first kappa shape index (κ1) is 10.7. The minimum atomic E-state index is -1.11. The van der Waals surface area contributed by atoms with Crippen molar-refractivity contribution in [2.24, 2.45) is 0 Å². The molecule has 2 rings (SSSR count). The van der Waals surface area contributed by atoms with Crippen molar-refractivity contribution in [3.05, 3.63) is 46.4 Å². The highest BCUT2D eigenvalue weighted by Gasteiger charge is 1.95. The molecule has 0 unspecified atom stereocenters. The van der Waals surface area contributed by atoms with E-state index in [1.54, 1.807) is 0 Å². The normalized spacial score (nSPS) is 9.56. The lowest BCUT2D eigenvalue weighted by molar-refractivity contribution is -0.130. The second kappa shape index (κ2) is 4.38. The molecule has 78 valence electrons. The summed E-state index contributed by atoms with van der Waals surface area (Å²) in [6, 6.07) is 11.5. The lowest BCUT2D eigenvalue weighted by Crippen LogP contribution is -1.87. The molecule has 0 heterocycles. The summed E-state index contributed by atoms with van der Waals surface area (Å²) in [5, 5.41) is 10.6. The van der Waals surface area contributed by atoms with Gasteiger partial charge >= 0.3 is 5.97 Å². The Balaban J connectivity index is 2.50. The molecule has 0 fully saturated rings. The zero-order chi connectivity index (χ0) is 11.5. The van der Waals surface area contributed by atoms with Crippen LogP contribution in [-0.4, -0.2) is 11.1 Å². The van der Waals surface area contributed by atoms with Gasteiger partial charge in [-0.05, 0) is 35.0 Å². The van der Waals surface area contributed by atoms with Crippen LogP contribution in [0.5, 0.6) is 0 Å². The molecule has 0 aliphatic heterocycles. The van der Waals surface area contributed by atoms with E-state index in [9.17, 15) is 4.79 Å². The zero-order valence-corrected chi connectivity index (χ0v) is 9.78. The van der Waals surface area contributed by atoms with E-state index in [1.807, 2.05) is 36.4 Å². The van der Waals surface area contributed by atoms with Crippen molar-refractivity contribution in [3.63, 3.8) is 0 Å². The highest BCUT2D eigenvalue weighted by molar-refractivity contribution is 9.10. The van der Waals surface area contributed by atoms with Gasteiger partial charge in [0.25, 0.3) is 0 Å². The van der Waals surface area contributed by atoms with Gasteiger partial charge in [-0.25, -0.2) is 4.79 Å². The number of carboxylic acid groups (broad SMARTS) is 1. The summed E-state index contributed by atoms with van der Waals surface area (Å²) in [7, 11) is 0. The van der Waals surface area contributed by atoms with Crippen molar-refractivity contribution < 1.29 is 9.90 Å². The van der Waals surface area contributed by atoms with Crippen LogP contribution in [-0.2, 0) is 4.79 Å². The number of halogens is 1. The monoisotopic (exact) mass is 274 g/mol. The summed E-state index contributed by atoms with van der Waals surface area (Å²) < 4.78 is 1.02. The molecular formula is C13H7BrO2. The first-order valence-corrected chi connectivity index (χ1v) is 5.39. The van der Waals surface area contributed by atoms with Crippen LogP contribution in [0.3, 0.4) is 0 Å². The first-order chi connectivity index (χ1) is 7.65. The zero-order valence-electron chi connectivity index (χ0n) is 8.20. The minimum Gasteiger partial charge on any atom is -0.472 e. The molecule has 3 heteroatoms. The third kappa shape index (κ3) is 2.41. The Bertz CT molecular complexity index is 621. The molecule has 1 N–H and O–H groups in total. The Morgan fingerprint density at radius 2 is 1.81 bits per heavy atom. The Hall–Kier alpha value is -1.79. The predicted octanol–water partition coefficient (Wildman–Crippen LogP) is 3.04. The SMILES string of the molecule is O=C(O)C#Cc1ccc2cc(Br)ccc2c1. The van der Waals surface area contributed by atoms with Crippen LogP contribution in [0.1, 0.15) is 5.56 Å². The van der Waals surface area contributed by atoms with Gasteiger partial charge in [-0.3, -0.25) is 0 Å². The Morgan fingerprint density at radius 3 is 2.56 bits per heavy atom. The highest BCUT2D eigenvalue weighted by atomic mass is 79.9. The second-order valence-corrected chi connectivity index (χ2v) is 4.18. The van der Waals surface area contributed by atoms with E-state index in [-0.39, 0.29) is 0 Å². The number of rotatable bonds is 0. The van der Waals surface area contributed by atoms with Crippen LogP contribution in [0.15, 0.2) is 40.9 Å². The largest absolute Gasteiger partial charge is 0.472 e. The number of carboxylic acids is 1. The van der Waals surface area contributed by atoms with E-state index >= 15 is 0 Å². The van der Waals surface area contributed by atoms with Crippen LogP contribution in [0, 0.1) is 11.8 Å². The van der Waals surface area contributed by atoms with Crippen LogP contribution >= 0.6 is 15.9 Å². The number of fused-ring (bicyclic) bond motifs is 1. The minimum absolute atomic E-state index is 0.706. The number of benzene rings is 2. The van der Waals surface area contributed by atoms with Crippen molar-refractivity contribution in [3.8, 4) is 11.8 Å². The fourth-order valence-electron chi connectivity index (χ4n) is 1.42. The molecule has 0 spiro atoms.